The van der Waals surface area contributed by atoms with Gasteiger partial charge in [0, 0.05) is 0 Å². The Balaban J connectivity index is 2.69. The summed E-state index contributed by atoms with van der Waals surface area (Å²) in [5.41, 5.74) is 0.475. The van der Waals surface area contributed by atoms with Gasteiger partial charge in [-0.15, -0.1) is 0 Å². The second-order valence-electron chi connectivity index (χ2n) is 3.04. The van der Waals surface area contributed by atoms with Gasteiger partial charge < -0.3 is 0 Å². The fraction of sp³-hybridized carbons (Fsp3) is 0.667. The van der Waals surface area contributed by atoms with E-state index < -0.39 is 0 Å². The van der Waals surface area contributed by atoms with E-state index >= 15 is 0 Å². The van der Waals surface area contributed by atoms with Crippen molar-refractivity contribution in [1.82, 2.24) is 5.27 Å². The molecule has 0 bridgehead atoms. The Morgan fingerprint density at radius 1 is 1.73 bits per heavy atom. The second-order valence-corrected chi connectivity index (χ2v) is 4.61. The Labute approximate surface area is 67.5 Å². The molecule has 0 unspecified atom stereocenters. The van der Waals surface area contributed by atoms with Crippen molar-refractivity contribution in [2.24, 2.45) is 0 Å². The van der Waals surface area contributed by atoms with Gasteiger partial charge in [-0.2, -0.15) is 0 Å². The van der Waals surface area contributed by atoms with Crippen LogP contribution in [-0.2, 0) is 10.6 Å². The van der Waals surface area contributed by atoms with E-state index in [4.69, 9.17) is 0 Å². The van der Waals surface area contributed by atoms with E-state index in [2.05, 4.69) is 9.79 Å². The first-order valence-corrected chi connectivity index (χ1v) is 4.35. The molecule has 2 rings (SSSR count). The van der Waals surface area contributed by atoms with Gasteiger partial charge in [0.1, 0.15) is 4.75 Å². The molecule has 0 atom stereocenters. The van der Waals surface area contributed by atoms with Crippen LogP contribution in [0.4, 0.5) is 0 Å². The van der Waals surface area contributed by atoms with Crippen LogP contribution in [0.2, 0.25) is 0 Å². The maximum absolute atomic E-state index is 11.1. The van der Waals surface area contributed by atoms with Gasteiger partial charge in [0.2, 0.25) is 5.88 Å². The molecule has 1 aliphatic rings. The SMILES string of the molecule is CC1(C)SC[n+]2[nH]oc(=O)c21. The fourth-order valence-corrected chi connectivity index (χ4v) is 2.22. The molecule has 2 heterocycles. The molecule has 0 saturated heterocycles. The van der Waals surface area contributed by atoms with Crippen molar-refractivity contribution in [3.05, 3.63) is 16.1 Å². The topological polar surface area (TPSA) is 49.9 Å². The smallest absolute Gasteiger partial charge is 0.283 e. The third kappa shape index (κ3) is 0.837. The zero-order valence-electron chi connectivity index (χ0n) is 6.38. The summed E-state index contributed by atoms with van der Waals surface area (Å²) in [7, 11) is 0. The Morgan fingerprint density at radius 3 is 3.09 bits per heavy atom. The number of H-pyrrole nitrogens is 1. The highest BCUT2D eigenvalue weighted by atomic mass is 32.2. The number of thioether (sulfide) groups is 1. The number of rotatable bonds is 0. The lowest BCUT2D eigenvalue weighted by Gasteiger charge is -2.05. The first-order chi connectivity index (χ1) is 5.11. The molecule has 0 aromatic carbocycles. The number of aromatic amines is 1. The van der Waals surface area contributed by atoms with E-state index in [-0.39, 0.29) is 10.4 Å². The summed E-state index contributed by atoms with van der Waals surface area (Å²) in [6.45, 7) is 4.03. The number of fused-ring (bicyclic) bond motifs is 1. The summed E-state index contributed by atoms with van der Waals surface area (Å²) >= 11 is 1.72. The minimum absolute atomic E-state index is 0.111. The summed E-state index contributed by atoms with van der Waals surface area (Å²) in [5, 5.41) is 2.55. The summed E-state index contributed by atoms with van der Waals surface area (Å²) in [6.07, 6.45) is 0. The highest BCUT2D eigenvalue weighted by Crippen LogP contribution is 2.36. The number of aromatic nitrogens is 2. The fourth-order valence-electron chi connectivity index (χ4n) is 1.26. The van der Waals surface area contributed by atoms with Crippen LogP contribution >= 0.6 is 11.8 Å². The minimum atomic E-state index is -0.250. The summed E-state index contributed by atoms with van der Waals surface area (Å²) in [4.78, 5) is 11.1. The molecule has 1 N–H and O–H groups in total. The molecular formula is C6H9N2O2S+. The van der Waals surface area contributed by atoms with Gasteiger partial charge in [-0.1, -0.05) is 16.4 Å². The van der Waals surface area contributed by atoms with Crippen molar-refractivity contribution in [3.63, 3.8) is 0 Å². The largest absolute Gasteiger partial charge is 0.431 e. The first kappa shape index (κ1) is 6.97. The van der Waals surface area contributed by atoms with Crippen molar-refractivity contribution in [1.29, 1.82) is 0 Å². The third-order valence-electron chi connectivity index (χ3n) is 1.84. The van der Waals surface area contributed by atoms with E-state index in [1.165, 1.54) is 0 Å². The molecule has 0 aliphatic carbocycles. The van der Waals surface area contributed by atoms with Crippen LogP contribution in [0.5, 0.6) is 0 Å². The Hall–Kier alpha value is -0.710. The van der Waals surface area contributed by atoms with Crippen LogP contribution in [0.3, 0.4) is 0 Å². The minimum Gasteiger partial charge on any atom is -0.283 e. The summed E-state index contributed by atoms with van der Waals surface area (Å²) in [5.74, 6) is 0.772. The van der Waals surface area contributed by atoms with Gasteiger partial charge in [-0.25, -0.2) is 4.79 Å². The van der Waals surface area contributed by atoms with Crippen LogP contribution in [-0.4, -0.2) is 5.27 Å². The quantitative estimate of drug-likeness (QED) is 0.570. The predicted octanol–water partition coefficient (Wildman–Crippen LogP) is 0.195. The second kappa shape index (κ2) is 1.91. The zero-order valence-corrected chi connectivity index (χ0v) is 7.20. The average molecular weight is 173 g/mol. The van der Waals surface area contributed by atoms with Crippen LogP contribution < -0.4 is 10.3 Å². The molecule has 11 heavy (non-hydrogen) atoms. The standard InChI is InChI=1S/C6H8N2O2S/c1-6(2)4-5(9)10-7-8(4)3-11-6/h3H2,1-2H3/p+1. The Morgan fingerprint density at radius 2 is 2.45 bits per heavy atom. The van der Waals surface area contributed by atoms with Crippen LogP contribution in [0.25, 0.3) is 0 Å². The van der Waals surface area contributed by atoms with E-state index in [1.807, 2.05) is 13.8 Å². The molecule has 0 amide bonds. The lowest BCUT2D eigenvalue weighted by molar-refractivity contribution is -0.746. The van der Waals surface area contributed by atoms with E-state index in [9.17, 15) is 4.79 Å². The molecule has 1 aromatic heterocycles. The predicted molar refractivity (Wildman–Crippen MR) is 40.1 cm³/mol. The molecule has 0 saturated carbocycles. The van der Waals surface area contributed by atoms with Crippen LogP contribution in [0, 0.1) is 0 Å². The number of nitrogens with zero attached hydrogens (tertiary/aromatic N) is 1. The number of hydrogen-bond acceptors (Lipinski definition) is 3. The molecule has 60 valence electrons. The number of nitrogens with one attached hydrogen (secondary N) is 1. The molecule has 0 fully saturated rings. The Bertz CT molecular complexity index is 339. The molecule has 5 heteroatoms. The first-order valence-electron chi connectivity index (χ1n) is 3.37. The van der Waals surface area contributed by atoms with Crippen LogP contribution in [0.15, 0.2) is 9.32 Å². The Kier molecular flexibility index (Phi) is 1.21. The molecule has 1 aliphatic heterocycles. The summed E-state index contributed by atoms with van der Waals surface area (Å²) in [6, 6.07) is 0. The van der Waals surface area contributed by atoms with Crippen LogP contribution in [0.1, 0.15) is 19.5 Å². The zero-order chi connectivity index (χ0) is 8.06. The molecule has 0 radical (unpaired) electrons. The molecular weight excluding hydrogens is 164 g/mol. The van der Waals surface area contributed by atoms with E-state index in [0.29, 0.717) is 0 Å². The monoisotopic (exact) mass is 173 g/mol. The van der Waals surface area contributed by atoms with Gasteiger partial charge in [0.15, 0.2) is 0 Å². The van der Waals surface area contributed by atoms with E-state index in [0.717, 1.165) is 11.6 Å². The van der Waals surface area contributed by atoms with Crippen molar-refractivity contribution >= 4 is 11.8 Å². The lowest BCUT2D eigenvalue weighted by Crippen LogP contribution is -2.37. The van der Waals surface area contributed by atoms with Gasteiger partial charge in [-0.05, 0) is 19.1 Å². The highest BCUT2D eigenvalue weighted by molar-refractivity contribution is 7.99. The van der Waals surface area contributed by atoms with Gasteiger partial charge in [0.25, 0.3) is 0 Å². The van der Waals surface area contributed by atoms with Gasteiger partial charge in [-0.3, -0.25) is 4.52 Å². The van der Waals surface area contributed by atoms with Gasteiger partial charge in [0.05, 0.1) is 0 Å². The normalized spacial score (nSPS) is 20.2. The average Bonchev–Trinajstić information content (AvgIpc) is 2.38. The molecule has 1 aromatic rings. The van der Waals surface area contributed by atoms with Crippen molar-refractivity contribution < 1.29 is 9.20 Å². The third-order valence-corrected chi connectivity index (χ3v) is 3.14. The van der Waals surface area contributed by atoms with E-state index in [1.54, 1.807) is 16.4 Å². The maximum Gasteiger partial charge on any atom is 0.431 e. The van der Waals surface area contributed by atoms with Crippen molar-refractivity contribution in [2.45, 2.75) is 24.5 Å². The molecule has 0 spiro atoms. The van der Waals surface area contributed by atoms with Gasteiger partial charge >= 0.3 is 11.3 Å². The van der Waals surface area contributed by atoms with Crippen molar-refractivity contribution in [2.75, 3.05) is 0 Å². The molecule has 4 nitrogen and oxygen atoms in total. The van der Waals surface area contributed by atoms with Crippen molar-refractivity contribution in [3.8, 4) is 0 Å². The highest BCUT2D eigenvalue weighted by Gasteiger charge is 2.44. The lowest BCUT2D eigenvalue weighted by atomic mass is 10.1. The number of hydrogen-bond donors (Lipinski definition) is 1. The summed E-state index contributed by atoms with van der Waals surface area (Å²) < 4.78 is 6.27. The maximum atomic E-state index is 11.1.